The standard InChI is InChI=1S/C8H8F2INO/c1-4-2-5(11)7(8(9)10)12-6(4)3-13/h2,8,13H,3H2,1H3. The highest BCUT2D eigenvalue weighted by atomic mass is 127. The van der Waals surface area contributed by atoms with Crippen LogP contribution in [0.25, 0.3) is 0 Å². The third kappa shape index (κ3) is 2.34. The van der Waals surface area contributed by atoms with Crippen LogP contribution < -0.4 is 0 Å². The Bertz CT molecular complexity index is 317. The van der Waals surface area contributed by atoms with Gasteiger partial charge in [0.1, 0.15) is 5.69 Å². The number of nitrogens with zero attached hydrogens (tertiary/aromatic N) is 1. The summed E-state index contributed by atoms with van der Waals surface area (Å²) < 4.78 is 25.1. The fourth-order valence-electron chi connectivity index (χ4n) is 0.947. The van der Waals surface area contributed by atoms with Gasteiger partial charge < -0.3 is 5.11 Å². The summed E-state index contributed by atoms with van der Waals surface area (Å²) in [5.74, 6) is 0. The molecule has 1 aromatic heterocycles. The second-order valence-corrected chi connectivity index (χ2v) is 3.74. The summed E-state index contributed by atoms with van der Waals surface area (Å²) >= 11 is 1.81. The van der Waals surface area contributed by atoms with E-state index in [1.54, 1.807) is 13.0 Å². The van der Waals surface area contributed by atoms with E-state index in [1.807, 2.05) is 22.6 Å². The monoisotopic (exact) mass is 299 g/mol. The number of aromatic nitrogens is 1. The number of aryl methyl sites for hydroxylation is 1. The normalized spacial score (nSPS) is 10.9. The Morgan fingerprint density at radius 3 is 2.69 bits per heavy atom. The van der Waals surface area contributed by atoms with Gasteiger partial charge in [-0.25, -0.2) is 13.8 Å². The van der Waals surface area contributed by atoms with Crippen molar-refractivity contribution in [3.63, 3.8) is 0 Å². The summed E-state index contributed by atoms with van der Waals surface area (Å²) in [6, 6.07) is 1.60. The minimum Gasteiger partial charge on any atom is -0.390 e. The van der Waals surface area contributed by atoms with Gasteiger partial charge in [-0.3, -0.25) is 0 Å². The van der Waals surface area contributed by atoms with Crippen LogP contribution >= 0.6 is 22.6 Å². The van der Waals surface area contributed by atoms with Crippen LogP contribution in [-0.4, -0.2) is 10.1 Å². The first-order valence-electron chi connectivity index (χ1n) is 3.61. The number of aliphatic hydroxyl groups excluding tert-OH is 1. The molecular weight excluding hydrogens is 291 g/mol. The van der Waals surface area contributed by atoms with Crippen molar-refractivity contribution in [3.8, 4) is 0 Å². The van der Waals surface area contributed by atoms with Crippen LogP contribution in [0.5, 0.6) is 0 Å². The first kappa shape index (κ1) is 10.8. The van der Waals surface area contributed by atoms with Crippen LogP contribution in [0.15, 0.2) is 6.07 Å². The highest BCUT2D eigenvalue weighted by Gasteiger charge is 2.15. The van der Waals surface area contributed by atoms with E-state index in [1.165, 1.54) is 0 Å². The number of hydrogen-bond acceptors (Lipinski definition) is 2. The minimum absolute atomic E-state index is 0.254. The molecule has 0 aliphatic heterocycles. The molecule has 0 unspecified atom stereocenters. The smallest absolute Gasteiger partial charge is 0.281 e. The van der Waals surface area contributed by atoms with Crippen molar-refractivity contribution >= 4 is 22.6 Å². The van der Waals surface area contributed by atoms with Gasteiger partial charge in [0.05, 0.1) is 12.3 Å². The molecule has 0 saturated heterocycles. The topological polar surface area (TPSA) is 33.1 Å². The molecule has 1 rings (SSSR count). The van der Waals surface area contributed by atoms with Gasteiger partial charge in [-0.2, -0.15) is 0 Å². The van der Waals surface area contributed by atoms with Gasteiger partial charge in [-0.05, 0) is 41.1 Å². The SMILES string of the molecule is Cc1cc(I)c(C(F)F)nc1CO. The molecule has 72 valence electrons. The maximum absolute atomic E-state index is 12.3. The molecule has 0 fully saturated rings. The summed E-state index contributed by atoms with van der Waals surface area (Å²) in [7, 11) is 0. The number of pyridine rings is 1. The van der Waals surface area contributed by atoms with E-state index in [9.17, 15) is 8.78 Å². The predicted octanol–water partition coefficient (Wildman–Crippen LogP) is 2.42. The van der Waals surface area contributed by atoms with Gasteiger partial charge in [0.25, 0.3) is 6.43 Å². The lowest BCUT2D eigenvalue weighted by atomic mass is 10.2. The van der Waals surface area contributed by atoms with E-state index in [0.29, 0.717) is 9.26 Å². The summed E-state index contributed by atoms with van der Waals surface area (Å²) in [5, 5.41) is 8.81. The Morgan fingerprint density at radius 1 is 1.62 bits per heavy atom. The third-order valence-corrected chi connectivity index (χ3v) is 2.52. The summed E-state index contributed by atoms with van der Waals surface area (Å²) in [4.78, 5) is 3.68. The fourth-order valence-corrected chi connectivity index (χ4v) is 1.77. The summed E-state index contributed by atoms with van der Waals surface area (Å²) in [5.41, 5.74) is 0.794. The Morgan fingerprint density at radius 2 is 2.23 bits per heavy atom. The molecule has 0 aliphatic rings. The number of aliphatic hydroxyl groups is 1. The summed E-state index contributed by atoms with van der Waals surface area (Å²) in [6.07, 6.45) is -2.59. The second-order valence-electron chi connectivity index (χ2n) is 2.58. The van der Waals surface area contributed by atoms with Crippen molar-refractivity contribution in [2.75, 3.05) is 0 Å². The molecule has 0 aliphatic carbocycles. The first-order chi connectivity index (χ1) is 6.06. The van der Waals surface area contributed by atoms with E-state index < -0.39 is 6.43 Å². The number of alkyl halides is 2. The molecule has 13 heavy (non-hydrogen) atoms. The highest BCUT2D eigenvalue weighted by Crippen LogP contribution is 2.24. The van der Waals surface area contributed by atoms with E-state index in [2.05, 4.69) is 4.98 Å². The molecule has 0 saturated carbocycles. The van der Waals surface area contributed by atoms with E-state index in [0.717, 1.165) is 5.56 Å². The van der Waals surface area contributed by atoms with Crippen LogP contribution in [0.2, 0.25) is 0 Å². The molecule has 1 N–H and O–H groups in total. The molecular formula is C8H8F2INO. The van der Waals surface area contributed by atoms with Gasteiger partial charge in [0, 0.05) is 3.57 Å². The Balaban J connectivity index is 3.22. The first-order valence-corrected chi connectivity index (χ1v) is 4.69. The molecule has 0 amide bonds. The molecule has 0 aromatic carbocycles. The average molecular weight is 299 g/mol. The van der Waals surface area contributed by atoms with Crippen LogP contribution in [-0.2, 0) is 6.61 Å². The Hall–Kier alpha value is -0.300. The lowest BCUT2D eigenvalue weighted by molar-refractivity contribution is 0.144. The molecule has 1 aromatic rings. The van der Waals surface area contributed by atoms with Crippen molar-refractivity contribution in [3.05, 3.63) is 26.6 Å². The van der Waals surface area contributed by atoms with Gasteiger partial charge in [0.15, 0.2) is 0 Å². The number of hydrogen-bond donors (Lipinski definition) is 1. The zero-order valence-corrected chi connectivity index (χ0v) is 9.05. The molecule has 0 radical (unpaired) electrons. The van der Waals surface area contributed by atoms with Gasteiger partial charge in [-0.1, -0.05) is 0 Å². The van der Waals surface area contributed by atoms with Crippen molar-refractivity contribution in [2.24, 2.45) is 0 Å². The number of rotatable bonds is 2. The Kier molecular flexibility index (Phi) is 3.55. The number of halogens is 3. The molecule has 0 bridgehead atoms. The van der Waals surface area contributed by atoms with Crippen LogP contribution in [0, 0.1) is 10.5 Å². The van der Waals surface area contributed by atoms with Crippen LogP contribution in [0.3, 0.4) is 0 Å². The van der Waals surface area contributed by atoms with Crippen LogP contribution in [0.1, 0.15) is 23.4 Å². The average Bonchev–Trinajstić information content (AvgIpc) is 2.03. The zero-order valence-electron chi connectivity index (χ0n) is 6.89. The van der Waals surface area contributed by atoms with Crippen LogP contribution in [0.4, 0.5) is 8.78 Å². The van der Waals surface area contributed by atoms with E-state index in [-0.39, 0.29) is 12.3 Å². The lowest BCUT2D eigenvalue weighted by Gasteiger charge is -2.07. The largest absolute Gasteiger partial charge is 0.390 e. The minimum atomic E-state index is -2.59. The van der Waals surface area contributed by atoms with Crippen molar-refractivity contribution in [1.82, 2.24) is 4.98 Å². The molecule has 2 nitrogen and oxygen atoms in total. The van der Waals surface area contributed by atoms with Crippen molar-refractivity contribution in [2.45, 2.75) is 20.0 Å². The Labute approximate surface area is 88.1 Å². The molecule has 1 heterocycles. The molecule has 5 heteroatoms. The maximum Gasteiger partial charge on any atom is 0.281 e. The zero-order chi connectivity index (χ0) is 10.0. The lowest BCUT2D eigenvalue weighted by Crippen LogP contribution is -2.02. The van der Waals surface area contributed by atoms with Crippen molar-refractivity contribution in [1.29, 1.82) is 0 Å². The predicted molar refractivity (Wildman–Crippen MR) is 52.6 cm³/mol. The van der Waals surface area contributed by atoms with E-state index in [4.69, 9.17) is 5.11 Å². The van der Waals surface area contributed by atoms with Gasteiger partial charge >= 0.3 is 0 Å². The highest BCUT2D eigenvalue weighted by molar-refractivity contribution is 14.1. The molecule has 0 atom stereocenters. The quantitative estimate of drug-likeness (QED) is 0.851. The van der Waals surface area contributed by atoms with Crippen molar-refractivity contribution < 1.29 is 13.9 Å². The fraction of sp³-hybridized carbons (Fsp3) is 0.375. The van der Waals surface area contributed by atoms with Gasteiger partial charge in [0.2, 0.25) is 0 Å². The van der Waals surface area contributed by atoms with E-state index >= 15 is 0 Å². The van der Waals surface area contributed by atoms with Gasteiger partial charge in [-0.15, -0.1) is 0 Å². The third-order valence-electron chi connectivity index (χ3n) is 1.65. The second kappa shape index (κ2) is 4.28. The molecule has 0 spiro atoms. The summed E-state index contributed by atoms with van der Waals surface area (Å²) in [6.45, 7) is 1.43. The maximum atomic E-state index is 12.3.